The van der Waals surface area contributed by atoms with Crippen LogP contribution >= 0.6 is 11.6 Å². The number of aliphatic imine (C=N–C) groups is 1. The second-order valence-corrected chi connectivity index (χ2v) is 6.59. The van der Waals surface area contributed by atoms with E-state index < -0.39 is 0 Å². The molecule has 1 aromatic carbocycles. The largest absolute Gasteiger partial charge is 0.487 e. The summed E-state index contributed by atoms with van der Waals surface area (Å²) in [6, 6.07) is 7.68. The van der Waals surface area contributed by atoms with Crippen molar-refractivity contribution >= 4 is 23.7 Å². The molecule has 1 aliphatic rings. The van der Waals surface area contributed by atoms with Gasteiger partial charge in [-0.15, -0.1) is 0 Å². The highest BCUT2D eigenvalue weighted by Crippen LogP contribution is 2.24. The van der Waals surface area contributed by atoms with Crippen LogP contribution in [0.5, 0.6) is 5.75 Å². The first-order valence-corrected chi connectivity index (χ1v) is 9.12. The zero-order chi connectivity index (χ0) is 18.9. The molecule has 0 aromatic heterocycles. The Morgan fingerprint density at radius 3 is 2.69 bits per heavy atom. The number of guanidine groups is 1. The molecule has 26 heavy (non-hydrogen) atoms. The van der Waals surface area contributed by atoms with Crippen LogP contribution in [0.1, 0.15) is 19.8 Å². The number of nitrogens with one attached hydrogen (secondary N) is 2. The predicted octanol–water partition coefficient (Wildman–Crippen LogP) is 2.50. The summed E-state index contributed by atoms with van der Waals surface area (Å²) >= 11 is 6.11. The molecule has 1 aliphatic heterocycles. The number of nitrogens with zero attached hydrogens (tertiary/aromatic N) is 2. The first-order chi connectivity index (χ1) is 12.5. The van der Waals surface area contributed by atoms with E-state index in [4.69, 9.17) is 21.1 Å². The molecular weight excluding hydrogens is 356 g/mol. The molecule has 144 valence electrons. The van der Waals surface area contributed by atoms with Crippen LogP contribution in [-0.4, -0.2) is 62.9 Å². The van der Waals surface area contributed by atoms with Crippen LogP contribution in [0, 0.1) is 0 Å². The fraction of sp³-hybridized carbons (Fsp3) is 0.556. The topological polar surface area (TPSA) is 75.2 Å². The van der Waals surface area contributed by atoms with Gasteiger partial charge in [0.05, 0.1) is 18.7 Å². The van der Waals surface area contributed by atoms with Gasteiger partial charge in [0.1, 0.15) is 11.9 Å². The Morgan fingerprint density at radius 2 is 2.08 bits per heavy atom. The molecule has 7 nitrogen and oxygen atoms in total. The minimum atomic E-state index is -0.267. The molecule has 1 saturated heterocycles. The minimum Gasteiger partial charge on any atom is -0.487 e. The van der Waals surface area contributed by atoms with E-state index in [2.05, 4.69) is 15.6 Å². The number of hydrogen-bond donors (Lipinski definition) is 2. The van der Waals surface area contributed by atoms with Crippen LogP contribution in [0.15, 0.2) is 29.3 Å². The van der Waals surface area contributed by atoms with Gasteiger partial charge in [0.25, 0.3) is 0 Å². The average Bonchev–Trinajstić information content (AvgIpc) is 2.66. The Hall–Kier alpha value is -2.15. The van der Waals surface area contributed by atoms with Crippen molar-refractivity contribution in [3.63, 3.8) is 0 Å². The Balaban J connectivity index is 1.74. The SMILES string of the molecule is CN=C(NCC(C)Oc1ccccc1Cl)NC1CCN(C(=O)OC)CC1. The molecule has 1 unspecified atom stereocenters. The second-order valence-electron chi connectivity index (χ2n) is 6.19. The van der Waals surface area contributed by atoms with Crippen LogP contribution < -0.4 is 15.4 Å². The van der Waals surface area contributed by atoms with Gasteiger partial charge in [0.15, 0.2) is 5.96 Å². The average molecular weight is 383 g/mol. The van der Waals surface area contributed by atoms with Crippen molar-refractivity contribution in [2.24, 2.45) is 4.99 Å². The molecule has 1 aromatic rings. The molecule has 0 aliphatic carbocycles. The van der Waals surface area contributed by atoms with Crippen molar-refractivity contribution in [2.75, 3.05) is 33.8 Å². The highest BCUT2D eigenvalue weighted by atomic mass is 35.5. The molecule has 1 heterocycles. The predicted molar refractivity (Wildman–Crippen MR) is 103 cm³/mol. The highest BCUT2D eigenvalue weighted by molar-refractivity contribution is 6.32. The number of piperidine rings is 1. The van der Waals surface area contributed by atoms with Gasteiger partial charge in [0, 0.05) is 26.2 Å². The summed E-state index contributed by atoms with van der Waals surface area (Å²) in [5, 5.41) is 7.26. The van der Waals surface area contributed by atoms with Crippen molar-refractivity contribution in [3.8, 4) is 5.75 Å². The Labute approximate surface area is 159 Å². The van der Waals surface area contributed by atoms with Crippen molar-refractivity contribution < 1.29 is 14.3 Å². The van der Waals surface area contributed by atoms with Gasteiger partial charge in [-0.25, -0.2) is 4.79 Å². The summed E-state index contributed by atoms with van der Waals surface area (Å²) in [5.74, 6) is 1.39. The maximum Gasteiger partial charge on any atom is 0.409 e. The van der Waals surface area contributed by atoms with E-state index in [1.807, 2.05) is 25.1 Å². The van der Waals surface area contributed by atoms with E-state index in [1.165, 1.54) is 7.11 Å². The third-order valence-electron chi connectivity index (χ3n) is 4.21. The van der Waals surface area contributed by atoms with Gasteiger partial charge in [0.2, 0.25) is 0 Å². The molecule has 0 radical (unpaired) electrons. The Bertz CT molecular complexity index is 618. The van der Waals surface area contributed by atoms with Crippen LogP contribution in [0.25, 0.3) is 0 Å². The summed E-state index contributed by atoms with van der Waals surface area (Å²) in [4.78, 5) is 17.5. The number of ether oxygens (including phenoxy) is 2. The summed E-state index contributed by atoms with van der Waals surface area (Å²) < 4.78 is 10.6. The molecule has 0 bridgehead atoms. The lowest BCUT2D eigenvalue weighted by atomic mass is 10.1. The second kappa shape index (κ2) is 10.1. The van der Waals surface area contributed by atoms with E-state index in [-0.39, 0.29) is 18.2 Å². The van der Waals surface area contributed by atoms with Gasteiger partial charge in [-0.1, -0.05) is 23.7 Å². The molecule has 1 atom stereocenters. The Morgan fingerprint density at radius 1 is 1.38 bits per heavy atom. The monoisotopic (exact) mass is 382 g/mol. The number of carbonyl (C=O) groups is 1. The molecular formula is C18H27ClN4O3. The van der Waals surface area contributed by atoms with Crippen LogP contribution in [0.2, 0.25) is 5.02 Å². The van der Waals surface area contributed by atoms with Gasteiger partial charge in [-0.3, -0.25) is 4.99 Å². The third-order valence-corrected chi connectivity index (χ3v) is 4.53. The number of hydrogen-bond acceptors (Lipinski definition) is 4. The van der Waals surface area contributed by atoms with Crippen molar-refractivity contribution in [3.05, 3.63) is 29.3 Å². The summed E-state index contributed by atoms with van der Waals surface area (Å²) in [6.45, 7) is 3.91. The molecule has 2 N–H and O–H groups in total. The number of methoxy groups -OCH3 is 1. The minimum absolute atomic E-state index is 0.0744. The number of benzene rings is 1. The van der Waals surface area contributed by atoms with Crippen LogP contribution in [0.3, 0.4) is 0 Å². The molecule has 0 spiro atoms. The van der Waals surface area contributed by atoms with Crippen LogP contribution in [0.4, 0.5) is 4.79 Å². The normalized spacial score (nSPS) is 16.8. The Kier molecular flexibility index (Phi) is 7.84. The zero-order valence-electron chi connectivity index (χ0n) is 15.5. The third kappa shape index (κ3) is 5.98. The molecule has 1 fully saturated rings. The summed E-state index contributed by atoms with van der Waals surface area (Å²) in [5.41, 5.74) is 0. The quantitative estimate of drug-likeness (QED) is 0.604. The standard InChI is InChI=1S/C18H27ClN4O3/c1-13(26-16-7-5-4-6-15(16)19)12-21-17(20-2)22-14-8-10-23(11-9-14)18(24)25-3/h4-7,13-14H,8-12H2,1-3H3,(H2,20,21,22). The van der Waals surface area contributed by atoms with E-state index in [0.717, 1.165) is 18.8 Å². The summed E-state index contributed by atoms with van der Waals surface area (Å²) in [7, 11) is 3.14. The van der Waals surface area contributed by atoms with E-state index in [9.17, 15) is 4.79 Å². The lowest BCUT2D eigenvalue weighted by molar-refractivity contribution is 0.111. The maximum atomic E-state index is 11.5. The van der Waals surface area contributed by atoms with Crippen molar-refractivity contribution in [1.82, 2.24) is 15.5 Å². The highest BCUT2D eigenvalue weighted by Gasteiger charge is 2.23. The smallest absolute Gasteiger partial charge is 0.409 e. The fourth-order valence-corrected chi connectivity index (χ4v) is 2.94. The maximum absolute atomic E-state index is 11.5. The zero-order valence-corrected chi connectivity index (χ0v) is 16.3. The molecule has 8 heteroatoms. The molecule has 2 rings (SSSR count). The van der Waals surface area contributed by atoms with Gasteiger partial charge in [-0.05, 0) is 31.9 Å². The van der Waals surface area contributed by atoms with Gasteiger partial charge in [-0.2, -0.15) is 0 Å². The number of rotatable bonds is 5. The fourth-order valence-electron chi connectivity index (χ4n) is 2.76. The van der Waals surface area contributed by atoms with Gasteiger partial charge >= 0.3 is 6.09 Å². The molecule has 1 amide bonds. The lowest BCUT2D eigenvalue weighted by Crippen LogP contribution is -2.50. The van der Waals surface area contributed by atoms with E-state index in [0.29, 0.717) is 30.4 Å². The number of halogens is 1. The number of amides is 1. The van der Waals surface area contributed by atoms with Crippen LogP contribution in [-0.2, 0) is 4.74 Å². The lowest BCUT2D eigenvalue weighted by Gasteiger charge is -2.32. The van der Waals surface area contributed by atoms with Crippen molar-refractivity contribution in [1.29, 1.82) is 0 Å². The number of carbonyl (C=O) groups excluding carboxylic acids is 1. The van der Waals surface area contributed by atoms with E-state index >= 15 is 0 Å². The number of para-hydroxylation sites is 1. The number of likely N-dealkylation sites (tertiary alicyclic amines) is 1. The first-order valence-electron chi connectivity index (χ1n) is 8.74. The first kappa shape index (κ1) is 20.2. The van der Waals surface area contributed by atoms with E-state index in [1.54, 1.807) is 18.0 Å². The molecule has 0 saturated carbocycles. The summed E-state index contributed by atoms with van der Waals surface area (Å²) in [6.07, 6.45) is 1.36. The van der Waals surface area contributed by atoms with Gasteiger partial charge < -0.3 is 25.0 Å². The van der Waals surface area contributed by atoms with Crippen molar-refractivity contribution in [2.45, 2.75) is 31.9 Å².